The Hall–Kier alpha value is -1.09. The molecular formula is C13H19NO2. The lowest BCUT2D eigenvalue weighted by molar-refractivity contribution is 0.0915. The molecule has 88 valence electrons. The number of hydrogen-bond donors (Lipinski definition) is 1. The normalized spacial score (nSPS) is 22.9. The van der Waals surface area contributed by atoms with Crippen LogP contribution in [0.25, 0.3) is 0 Å². The maximum Gasteiger partial charge on any atom is 0.198 e. The van der Waals surface area contributed by atoms with Crippen molar-refractivity contribution < 1.29 is 9.21 Å². The first-order chi connectivity index (χ1) is 7.77. The van der Waals surface area contributed by atoms with E-state index in [1.807, 2.05) is 0 Å². The average Bonchev–Trinajstić information content (AvgIpc) is 2.83. The van der Waals surface area contributed by atoms with Gasteiger partial charge in [-0.3, -0.25) is 4.79 Å². The number of furan rings is 1. The summed E-state index contributed by atoms with van der Waals surface area (Å²) in [5.41, 5.74) is 0. The zero-order valence-corrected chi connectivity index (χ0v) is 9.74. The fraction of sp³-hybridized carbons (Fsp3) is 0.615. The van der Waals surface area contributed by atoms with Crippen molar-refractivity contribution in [3.63, 3.8) is 0 Å². The molecular weight excluding hydrogens is 202 g/mol. The lowest BCUT2D eigenvalue weighted by atomic mass is 9.84. The van der Waals surface area contributed by atoms with Crippen molar-refractivity contribution in [2.45, 2.75) is 26.2 Å². The number of Topliss-reactive ketones (excluding diaryl/α,β-unsaturated/α-hetero) is 1. The van der Waals surface area contributed by atoms with E-state index in [1.165, 1.54) is 12.8 Å². The highest BCUT2D eigenvalue weighted by atomic mass is 16.3. The molecule has 0 saturated carbocycles. The van der Waals surface area contributed by atoms with E-state index in [0.29, 0.717) is 24.0 Å². The maximum absolute atomic E-state index is 11.8. The summed E-state index contributed by atoms with van der Waals surface area (Å²) in [5, 5.41) is 3.39. The molecule has 1 N–H and O–H groups in total. The number of rotatable bonds is 4. The van der Waals surface area contributed by atoms with Crippen molar-refractivity contribution >= 4 is 5.78 Å². The molecule has 3 heteroatoms. The molecule has 1 aromatic rings. The molecule has 1 aliphatic heterocycles. The lowest BCUT2D eigenvalue weighted by Crippen LogP contribution is -2.33. The molecule has 1 aliphatic rings. The van der Waals surface area contributed by atoms with Gasteiger partial charge in [-0.1, -0.05) is 6.92 Å². The molecule has 0 aliphatic carbocycles. The molecule has 3 nitrogen and oxygen atoms in total. The van der Waals surface area contributed by atoms with E-state index >= 15 is 0 Å². The van der Waals surface area contributed by atoms with Gasteiger partial charge in [-0.05, 0) is 49.9 Å². The van der Waals surface area contributed by atoms with E-state index in [2.05, 4.69) is 12.2 Å². The van der Waals surface area contributed by atoms with Gasteiger partial charge < -0.3 is 9.73 Å². The fourth-order valence-corrected chi connectivity index (χ4v) is 2.36. The standard InChI is InChI=1S/C13H19NO2/c1-10(11-4-2-6-14-9-11)8-12(15)13-5-3-7-16-13/h3,5,7,10-11,14H,2,4,6,8-9H2,1H3. The molecule has 2 rings (SSSR count). The highest BCUT2D eigenvalue weighted by Gasteiger charge is 2.23. The van der Waals surface area contributed by atoms with E-state index in [0.717, 1.165) is 13.1 Å². The third-order valence-corrected chi connectivity index (χ3v) is 3.44. The zero-order valence-electron chi connectivity index (χ0n) is 9.74. The van der Waals surface area contributed by atoms with Crippen LogP contribution in [0.5, 0.6) is 0 Å². The second-order valence-electron chi connectivity index (χ2n) is 4.69. The van der Waals surface area contributed by atoms with Gasteiger partial charge >= 0.3 is 0 Å². The third kappa shape index (κ3) is 2.73. The van der Waals surface area contributed by atoms with Crippen LogP contribution in [0.3, 0.4) is 0 Å². The third-order valence-electron chi connectivity index (χ3n) is 3.44. The monoisotopic (exact) mass is 221 g/mol. The first kappa shape index (κ1) is 11.4. The summed E-state index contributed by atoms with van der Waals surface area (Å²) in [5.74, 6) is 1.69. The van der Waals surface area contributed by atoms with E-state index in [4.69, 9.17) is 4.42 Å². The van der Waals surface area contributed by atoms with Gasteiger partial charge in [0.2, 0.25) is 0 Å². The summed E-state index contributed by atoms with van der Waals surface area (Å²) in [7, 11) is 0. The molecule has 1 fully saturated rings. The molecule has 16 heavy (non-hydrogen) atoms. The Bertz CT molecular complexity index is 326. The van der Waals surface area contributed by atoms with Gasteiger partial charge in [-0.2, -0.15) is 0 Å². The average molecular weight is 221 g/mol. The van der Waals surface area contributed by atoms with Crippen LogP contribution in [0.15, 0.2) is 22.8 Å². The van der Waals surface area contributed by atoms with Crippen molar-refractivity contribution in [3.8, 4) is 0 Å². The second-order valence-corrected chi connectivity index (χ2v) is 4.69. The number of ketones is 1. The van der Waals surface area contributed by atoms with E-state index in [-0.39, 0.29) is 5.78 Å². The van der Waals surface area contributed by atoms with Crippen LogP contribution >= 0.6 is 0 Å². The largest absolute Gasteiger partial charge is 0.461 e. The van der Waals surface area contributed by atoms with E-state index in [9.17, 15) is 4.79 Å². The smallest absolute Gasteiger partial charge is 0.198 e. The van der Waals surface area contributed by atoms with Crippen molar-refractivity contribution in [3.05, 3.63) is 24.2 Å². The molecule has 0 bridgehead atoms. The Morgan fingerprint density at radius 2 is 2.56 bits per heavy atom. The lowest BCUT2D eigenvalue weighted by Gasteiger charge is -2.27. The van der Waals surface area contributed by atoms with Crippen LogP contribution in [0.4, 0.5) is 0 Å². The summed E-state index contributed by atoms with van der Waals surface area (Å²) in [6, 6.07) is 3.51. The first-order valence-corrected chi connectivity index (χ1v) is 6.05. The maximum atomic E-state index is 11.8. The Morgan fingerprint density at radius 3 is 3.19 bits per heavy atom. The molecule has 2 atom stereocenters. The van der Waals surface area contributed by atoms with Crippen LogP contribution in [0.1, 0.15) is 36.7 Å². The molecule has 2 heterocycles. The number of nitrogens with one attached hydrogen (secondary N) is 1. The van der Waals surface area contributed by atoms with Crippen molar-refractivity contribution in [1.29, 1.82) is 0 Å². The Balaban J connectivity index is 1.86. The van der Waals surface area contributed by atoms with Gasteiger partial charge in [-0.25, -0.2) is 0 Å². The van der Waals surface area contributed by atoms with Crippen LogP contribution in [0, 0.1) is 11.8 Å². The molecule has 1 saturated heterocycles. The summed E-state index contributed by atoms with van der Waals surface area (Å²) in [6.45, 7) is 4.33. The van der Waals surface area contributed by atoms with Crippen LogP contribution in [-0.4, -0.2) is 18.9 Å². The van der Waals surface area contributed by atoms with Crippen molar-refractivity contribution in [2.24, 2.45) is 11.8 Å². The minimum absolute atomic E-state index is 0.128. The van der Waals surface area contributed by atoms with Gasteiger partial charge in [-0.15, -0.1) is 0 Å². The predicted octanol–water partition coefficient (Wildman–Crippen LogP) is 2.49. The summed E-state index contributed by atoms with van der Waals surface area (Å²) in [4.78, 5) is 11.8. The predicted molar refractivity (Wildman–Crippen MR) is 62.4 cm³/mol. The molecule has 2 unspecified atom stereocenters. The Labute approximate surface area is 96.2 Å². The summed E-state index contributed by atoms with van der Waals surface area (Å²) in [6.07, 6.45) is 4.61. The van der Waals surface area contributed by atoms with Gasteiger partial charge in [0, 0.05) is 6.42 Å². The topological polar surface area (TPSA) is 42.2 Å². The van der Waals surface area contributed by atoms with Gasteiger partial charge in [0.05, 0.1) is 6.26 Å². The number of piperidine rings is 1. The molecule has 0 spiro atoms. The van der Waals surface area contributed by atoms with Crippen LogP contribution in [-0.2, 0) is 0 Å². The van der Waals surface area contributed by atoms with Crippen molar-refractivity contribution in [1.82, 2.24) is 5.32 Å². The summed E-state index contributed by atoms with van der Waals surface area (Å²) < 4.78 is 5.12. The molecule has 0 radical (unpaired) electrons. The van der Waals surface area contributed by atoms with Gasteiger partial charge in [0.1, 0.15) is 0 Å². The Kier molecular flexibility index (Phi) is 3.78. The van der Waals surface area contributed by atoms with Crippen LogP contribution < -0.4 is 5.32 Å². The quantitative estimate of drug-likeness (QED) is 0.794. The Morgan fingerprint density at radius 1 is 1.69 bits per heavy atom. The van der Waals surface area contributed by atoms with Gasteiger partial charge in [0.25, 0.3) is 0 Å². The number of carbonyl (C=O) groups excluding carboxylic acids is 1. The fourth-order valence-electron chi connectivity index (χ4n) is 2.36. The van der Waals surface area contributed by atoms with Crippen LogP contribution in [0.2, 0.25) is 0 Å². The van der Waals surface area contributed by atoms with E-state index in [1.54, 1.807) is 18.4 Å². The van der Waals surface area contributed by atoms with Gasteiger partial charge in [0.15, 0.2) is 11.5 Å². The second kappa shape index (κ2) is 5.30. The SMILES string of the molecule is CC(CC(=O)c1ccco1)C1CCCNC1. The molecule has 0 aromatic carbocycles. The highest BCUT2D eigenvalue weighted by Crippen LogP contribution is 2.24. The van der Waals surface area contributed by atoms with Crippen molar-refractivity contribution in [2.75, 3.05) is 13.1 Å². The summed E-state index contributed by atoms with van der Waals surface area (Å²) >= 11 is 0. The number of hydrogen-bond acceptors (Lipinski definition) is 3. The first-order valence-electron chi connectivity index (χ1n) is 6.05. The zero-order chi connectivity index (χ0) is 11.4. The van der Waals surface area contributed by atoms with E-state index < -0.39 is 0 Å². The number of carbonyl (C=O) groups is 1. The highest BCUT2D eigenvalue weighted by molar-refractivity contribution is 5.93. The minimum Gasteiger partial charge on any atom is -0.461 e. The minimum atomic E-state index is 0.128. The molecule has 1 aromatic heterocycles. The molecule has 0 amide bonds.